The first-order valence-corrected chi connectivity index (χ1v) is 8.03. The van der Waals surface area contributed by atoms with Gasteiger partial charge >= 0.3 is 0 Å². The number of aromatic hydroxyl groups is 1. The average Bonchev–Trinajstić information content (AvgIpc) is 2.72. The van der Waals surface area contributed by atoms with E-state index in [4.69, 9.17) is 0 Å². The Hall–Kier alpha value is -2.11. The molecule has 0 spiro atoms. The van der Waals surface area contributed by atoms with Gasteiger partial charge in [-0.1, -0.05) is 12.5 Å². The van der Waals surface area contributed by atoms with E-state index < -0.39 is 11.6 Å². The Bertz CT molecular complexity index is 577. The third-order valence-corrected chi connectivity index (χ3v) is 4.13. The van der Waals surface area contributed by atoms with E-state index in [2.05, 4.69) is 5.32 Å². The minimum absolute atomic E-state index is 0.115. The molecule has 23 heavy (non-hydrogen) atoms. The van der Waals surface area contributed by atoms with Crippen LogP contribution in [0, 0.1) is 5.82 Å². The highest BCUT2D eigenvalue weighted by atomic mass is 19.1. The van der Waals surface area contributed by atoms with Gasteiger partial charge in [-0.15, -0.1) is 0 Å². The summed E-state index contributed by atoms with van der Waals surface area (Å²) in [4.78, 5) is 25.6. The van der Waals surface area contributed by atoms with Gasteiger partial charge < -0.3 is 15.3 Å². The summed E-state index contributed by atoms with van der Waals surface area (Å²) in [5.41, 5.74) is 0.583. The summed E-state index contributed by atoms with van der Waals surface area (Å²) < 4.78 is 13.3. The van der Waals surface area contributed by atoms with Crippen LogP contribution in [0.3, 0.4) is 0 Å². The van der Waals surface area contributed by atoms with Crippen LogP contribution in [0.2, 0.25) is 0 Å². The van der Waals surface area contributed by atoms with Crippen molar-refractivity contribution in [3.05, 3.63) is 29.6 Å². The van der Waals surface area contributed by atoms with Crippen LogP contribution in [0.5, 0.6) is 5.75 Å². The highest BCUT2D eigenvalue weighted by molar-refractivity contribution is 5.79. The first kappa shape index (κ1) is 17.2. The van der Waals surface area contributed by atoms with E-state index >= 15 is 0 Å². The van der Waals surface area contributed by atoms with Crippen LogP contribution in [0.25, 0.3) is 0 Å². The summed E-state index contributed by atoms with van der Waals surface area (Å²) in [7, 11) is 0. The highest BCUT2D eigenvalue weighted by Crippen LogP contribution is 2.20. The van der Waals surface area contributed by atoms with Crippen LogP contribution >= 0.6 is 0 Å². The van der Waals surface area contributed by atoms with Gasteiger partial charge in [0.2, 0.25) is 11.8 Å². The number of benzene rings is 1. The van der Waals surface area contributed by atoms with Crippen molar-refractivity contribution in [2.24, 2.45) is 0 Å². The molecule has 5 nitrogen and oxygen atoms in total. The molecule has 1 aliphatic rings. The zero-order chi connectivity index (χ0) is 16.8. The maximum absolute atomic E-state index is 13.3. The molecule has 1 unspecified atom stereocenters. The molecule has 0 aliphatic carbocycles. The molecule has 0 saturated carbocycles. The molecule has 1 saturated heterocycles. The van der Waals surface area contributed by atoms with Crippen LogP contribution in [-0.2, 0) is 9.59 Å². The molecule has 1 atom stereocenters. The summed E-state index contributed by atoms with van der Waals surface area (Å²) >= 11 is 0. The van der Waals surface area contributed by atoms with Crippen LogP contribution in [0.15, 0.2) is 18.2 Å². The number of nitrogens with one attached hydrogen (secondary N) is 1. The molecular weight excluding hydrogens is 299 g/mol. The SMILES string of the molecule is CC(NC(=O)CCN1CCCCCC1=O)c1ccc(O)c(F)c1. The van der Waals surface area contributed by atoms with Gasteiger partial charge in [0.05, 0.1) is 6.04 Å². The molecule has 6 heteroatoms. The second-order valence-corrected chi connectivity index (χ2v) is 5.94. The Morgan fingerprint density at radius 2 is 2.17 bits per heavy atom. The van der Waals surface area contributed by atoms with Crippen molar-refractivity contribution in [1.29, 1.82) is 0 Å². The van der Waals surface area contributed by atoms with Crippen LogP contribution in [0.4, 0.5) is 4.39 Å². The molecular formula is C17H23FN2O3. The van der Waals surface area contributed by atoms with Crippen LogP contribution < -0.4 is 5.32 Å². The van der Waals surface area contributed by atoms with Crippen molar-refractivity contribution in [2.45, 2.75) is 45.1 Å². The van der Waals surface area contributed by atoms with Crippen molar-refractivity contribution in [2.75, 3.05) is 13.1 Å². The second-order valence-electron chi connectivity index (χ2n) is 5.94. The lowest BCUT2D eigenvalue weighted by molar-refractivity contribution is -0.131. The number of carbonyl (C=O) groups excluding carboxylic acids is 2. The first-order valence-electron chi connectivity index (χ1n) is 8.03. The van der Waals surface area contributed by atoms with Crippen LogP contribution in [0.1, 0.15) is 50.6 Å². The number of likely N-dealkylation sites (tertiary alicyclic amines) is 1. The number of rotatable bonds is 5. The molecule has 0 radical (unpaired) electrons. The summed E-state index contributed by atoms with van der Waals surface area (Å²) in [6.45, 7) is 2.88. The summed E-state index contributed by atoms with van der Waals surface area (Å²) in [6, 6.07) is 3.68. The molecule has 2 amide bonds. The molecule has 0 bridgehead atoms. The molecule has 1 aromatic rings. The third kappa shape index (κ3) is 4.94. The first-order chi connectivity index (χ1) is 11.0. The van der Waals surface area contributed by atoms with Gasteiger partial charge in [0.25, 0.3) is 0 Å². The number of carbonyl (C=O) groups is 2. The number of halogens is 1. The minimum atomic E-state index is -0.709. The molecule has 126 valence electrons. The van der Waals surface area contributed by atoms with Crippen LogP contribution in [-0.4, -0.2) is 34.9 Å². The smallest absolute Gasteiger partial charge is 0.222 e. The fraction of sp³-hybridized carbons (Fsp3) is 0.529. The largest absolute Gasteiger partial charge is 0.505 e. The Balaban J connectivity index is 1.83. The monoisotopic (exact) mass is 322 g/mol. The maximum Gasteiger partial charge on any atom is 0.222 e. The van der Waals surface area contributed by atoms with E-state index in [0.717, 1.165) is 19.3 Å². The van der Waals surface area contributed by atoms with E-state index in [9.17, 15) is 19.1 Å². The van der Waals surface area contributed by atoms with E-state index in [1.54, 1.807) is 17.9 Å². The number of nitrogens with zero attached hydrogens (tertiary/aromatic N) is 1. The Morgan fingerprint density at radius 3 is 2.91 bits per heavy atom. The van der Waals surface area contributed by atoms with Crippen molar-refractivity contribution < 1.29 is 19.1 Å². The molecule has 1 fully saturated rings. The van der Waals surface area contributed by atoms with Crippen molar-refractivity contribution in [3.63, 3.8) is 0 Å². The van der Waals surface area contributed by atoms with E-state index in [0.29, 0.717) is 25.1 Å². The third-order valence-electron chi connectivity index (χ3n) is 4.13. The van der Waals surface area contributed by atoms with E-state index in [1.165, 1.54) is 12.1 Å². The van der Waals surface area contributed by atoms with E-state index in [1.807, 2.05) is 0 Å². The maximum atomic E-state index is 13.3. The standard InChI is InChI=1S/C17H23FN2O3/c1-12(13-6-7-15(21)14(18)11-13)19-16(22)8-10-20-9-4-2-3-5-17(20)23/h6-7,11-12,21H,2-5,8-10H2,1H3,(H,19,22). The number of phenolic OH excluding ortho intramolecular Hbond substituents is 1. The van der Waals surface area contributed by atoms with Gasteiger partial charge in [-0.3, -0.25) is 9.59 Å². The average molecular weight is 322 g/mol. The summed E-state index contributed by atoms with van der Waals surface area (Å²) in [6.07, 6.45) is 3.75. The Morgan fingerprint density at radius 1 is 1.39 bits per heavy atom. The fourth-order valence-corrected chi connectivity index (χ4v) is 2.70. The predicted molar refractivity (Wildman–Crippen MR) is 84.3 cm³/mol. The Kier molecular flexibility index (Phi) is 5.96. The number of hydrogen-bond acceptors (Lipinski definition) is 3. The summed E-state index contributed by atoms with van der Waals surface area (Å²) in [5, 5.41) is 12.0. The lowest BCUT2D eigenvalue weighted by atomic mass is 10.1. The van der Waals surface area contributed by atoms with Gasteiger partial charge in [-0.25, -0.2) is 4.39 Å². The lowest BCUT2D eigenvalue weighted by Crippen LogP contribution is -2.35. The van der Waals surface area contributed by atoms with Gasteiger partial charge in [0.1, 0.15) is 0 Å². The summed E-state index contributed by atoms with van der Waals surface area (Å²) in [5.74, 6) is -1.18. The number of amides is 2. The molecule has 1 aliphatic heterocycles. The Labute approximate surface area is 135 Å². The van der Waals surface area contributed by atoms with Crippen molar-refractivity contribution >= 4 is 11.8 Å². The molecule has 2 rings (SSSR count). The lowest BCUT2D eigenvalue weighted by Gasteiger charge is -2.21. The van der Waals surface area contributed by atoms with Gasteiger partial charge in [-0.2, -0.15) is 0 Å². The zero-order valence-corrected chi connectivity index (χ0v) is 13.3. The molecule has 1 aromatic carbocycles. The van der Waals surface area contributed by atoms with E-state index in [-0.39, 0.29) is 24.3 Å². The second kappa shape index (κ2) is 7.94. The van der Waals surface area contributed by atoms with Crippen molar-refractivity contribution in [1.82, 2.24) is 10.2 Å². The number of hydrogen-bond donors (Lipinski definition) is 2. The van der Waals surface area contributed by atoms with Crippen molar-refractivity contribution in [3.8, 4) is 5.75 Å². The van der Waals surface area contributed by atoms with Gasteiger partial charge in [0.15, 0.2) is 11.6 Å². The quantitative estimate of drug-likeness (QED) is 0.875. The highest BCUT2D eigenvalue weighted by Gasteiger charge is 2.18. The predicted octanol–water partition coefficient (Wildman–Crippen LogP) is 2.50. The molecule has 0 aromatic heterocycles. The topological polar surface area (TPSA) is 69.6 Å². The molecule has 2 N–H and O–H groups in total. The fourth-order valence-electron chi connectivity index (χ4n) is 2.70. The zero-order valence-electron chi connectivity index (χ0n) is 13.3. The number of phenols is 1. The molecule has 1 heterocycles. The minimum Gasteiger partial charge on any atom is -0.505 e. The van der Waals surface area contributed by atoms with Gasteiger partial charge in [0, 0.05) is 25.9 Å². The normalized spacial score (nSPS) is 16.8. The van der Waals surface area contributed by atoms with Gasteiger partial charge in [-0.05, 0) is 37.5 Å².